The Morgan fingerprint density at radius 3 is 2.74 bits per heavy atom. The maximum Gasteiger partial charge on any atom is 0.232 e. The molecule has 2 aromatic rings. The van der Waals surface area contributed by atoms with E-state index in [9.17, 15) is 9.90 Å². The number of nitrogens with zero attached hydrogens (tertiary/aromatic N) is 2. The van der Waals surface area contributed by atoms with Gasteiger partial charge in [0.1, 0.15) is 12.0 Å². The number of para-hydroxylation sites is 1. The minimum Gasteiger partial charge on any atom is -0.378 e. The highest BCUT2D eigenvalue weighted by Crippen LogP contribution is 2.21. The van der Waals surface area contributed by atoms with Crippen molar-refractivity contribution in [3.63, 3.8) is 0 Å². The predicted octanol–water partition coefficient (Wildman–Crippen LogP) is 2.61. The van der Waals surface area contributed by atoms with E-state index < -0.39 is 12.1 Å². The highest BCUT2D eigenvalue weighted by Gasteiger charge is 2.31. The SMILES string of the molecule is CCC(C(=O)Nc1ccc2ccccc2n1)C(O)N1CCCC1. The topological polar surface area (TPSA) is 65.5 Å². The number of nitrogens with one attached hydrogen (secondary N) is 1. The number of aliphatic hydroxyl groups excluding tert-OH is 1. The summed E-state index contributed by atoms with van der Waals surface area (Å²) in [6, 6.07) is 11.5. The van der Waals surface area contributed by atoms with Crippen molar-refractivity contribution in [2.75, 3.05) is 18.4 Å². The van der Waals surface area contributed by atoms with E-state index in [1.165, 1.54) is 0 Å². The molecule has 5 heteroatoms. The molecule has 0 bridgehead atoms. The number of amides is 1. The Balaban J connectivity index is 1.72. The molecule has 23 heavy (non-hydrogen) atoms. The molecule has 1 aliphatic rings. The Morgan fingerprint density at radius 2 is 2.00 bits per heavy atom. The van der Waals surface area contributed by atoms with Crippen LogP contribution in [0.1, 0.15) is 26.2 Å². The number of carbonyl (C=O) groups is 1. The van der Waals surface area contributed by atoms with Crippen LogP contribution < -0.4 is 5.32 Å². The summed E-state index contributed by atoms with van der Waals surface area (Å²) in [5.41, 5.74) is 0.846. The molecule has 1 saturated heterocycles. The minimum absolute atomic E-state index is 0.172. The van der Waals surface area contributed by atoms with Crippen LogP contribution in [-0.2, 0) is 4.79 Å². The number of aliphatic hydroxyl groups is 1. The average molecular weight is 313 g/mol. The van der Waals surface area contributed by atoms with E-state index in [2.05, 4.69) is 10.3 Å². The van der Waals surface area contributed by atoms with Gasteiger partial charge < -0.3 is 10.4 Å². The Bertz CT molecular complexity index is 683. The van der Waals surface area contributed by atoms with Gasteiger partial charge in [0, 0.05) is 18.5 Å². The Hall–Kier alpha value is -1.98. The second-order valence-corrected chi connectivity index (χ2v) is 6.05. The molecular weight excluding hydrogens is 290 g/mol. The first-order valence-corrected chi connectivity index (χ1v) is 8.28. The first-order valence-electron chi connectivity index (χ1n) is 8.28. The van der Waals surface area contributed by atoms with E-state index in [-0.39, 0.29) is 5.91 Å². The summed E-state index contributed by atoms with van der Waals surface area (Å²) in [4.78, 5) is 19.0. The second-order valence-electron chi connectivity index (χ2n) is 6.05. The molecule has 1 aromatic heterocycles. The number of pyridine rings is 1. The summed E-state index contributed by atoms with van der Waals surface area (Å²) in [6.45, 7) is 3.65. The third-order valence-corrected chi connectivity index (χ3v) is 4.50. The van der Waals surface area contributed by atoms with Crippen LogP contribution in [0.5, 0.6) is 0 Å². The van der Waals surface area contributed by atoms with E-state index in [1.807, 2.05) is 42.2 Å². The smallest absolute Gasteiger partial charge is 0.232 e. The third-order valence-electron chi connectivity index (χ3n) is 4.50. The zero-order chi connectivity index (χ0) is 16.2. The summed E-state index contributed by atoms with van der Waals surface area (Å²) in [5.74, 6) is -0.0863. The summed E-state index contributed by atoms with van der Waals surface area (Å²) in [6.07, 6.45) is 2.04. The Morgan fingerprint density at radius 1 is 1.26 bits per heavy atom. The molecule has 2 atom stereocenters. The van der Waals surface area contributed by atoms with Gasteiger partial charge in [0.05, 0.1) is 11.4 Å². The van der Waals surface area contributed by atoms with Crippen LogP contribution in [-0.4, -0.2) is 40.2 Å². The molecule has 5 nitrogen and oxygen atoms in total. The maximum absolute atomic E-state index is 12.5. The number of hydrogen-bond acceptors (Lipinski definition) is 4. The van der Waals surface area contributed by atoms with Gasteiger partial charge >= 0.3 is 0 Å². The minimum atomic E-state index is -0.719. The van der Waals surface area contributed by atoms with Gasteiger partial charge in [-0.05, 0) is 37.5 Å². The standard InChI is InChI=1S/C18H23N3O2/c1-2-14(18(23)21-11-5-6-12-21)17(22)20-16-10-9-13-7-3-4-8-15(13)19-16/h3-4,7-10,14,18,23H,2,5-6,11-12H2,1H3,(H,19,20,22). The van der Waals surface area contributed by atoms with Crippen LogP contribution in [0.25, 0.3) is 10.9 Å². The lowest BCUT2D eigenvalue weighted by Gasteiger charge is -2.28. The van der Waals surface area contributed by atoms with Crippen LogP contribution >= 0.6 is 0 Å². The largest absolute Gasteiger partial charge is 0.378 e. The number of anilines is 1. The fraction of sp³-hybridized carbons (Fsp3) is 0.444. The van der Waals surface area contributed by atoms with Gasteiger partial charge in [-0.15, -0.1) is 0 Å². The fourth-order valence-electron chi connectivity index (χ4n) is 3.15. The number of likely N-dealkylation sites (tertiary alicyclic amines) is 1. The molecule has 2 N–H and O–H groups in total. The van der Waals surface area contributed by atoms with Gasteiger partial charge in [-0.3, -0.25) is 9.69 Å². The molecule has 0 radical (unpaired) electrons. The number of fused-ring (bicyclic) bond motifs is 1. The maximum atomic E-state index is 12.5. The van der Waals surface area contributed by atoms with Crippen molar-refractivity contribution in [1.29, 1.82) is 0 Å². The van der Waals surface area contributed by atoms with Crippen molar-refractivity contribution >= 4 is 22.6 Å². The number of hydrogen-bond donors (Lipinski definition) is 2. The predicted molar refractivity (Wildman–Crippen MR) is 91.0 cm³/mol. The number of rotatable bonds is 5. The van der Waals surface area contributed by atoms with Crippen molar-refractivity contribution < 1.29 is 9.90 Å². The zero-order valence-corrected chi connectivity index (χ0v) is 13.4. The van der Waals surface area contributed by atoms with Crippen molar-refractivity contribution in [1.82, 2.24) is 9.88 Å². The van der Waals surface area contributed by atoms with Crippen LogP contribution in [0.2, 0.25) is 0 Å². The lowest BCUT2D eigenvalue weighted by Crippen LogP contribution is -2.43. The Labute approximate surface area is 136 Å². The van der Waals surface area contributed by atoms with Crippen LogP contribution in [0.15, 0.2) is 36.4 Å². The lowest BCUT2D eigenvalue weighted by molar-refractivity contribution is -0.129. The van der Waals surface area contributed by atoms with Crippen molar-refractivity contribution in [3.8, 4) is 0 Å². The summed E-state index contributed by atoms with van der Waals surface area (Å²) < 4.78 is 0. The van der Waals surface area contributed by atoms with E-state index in [0.29, 0.717) is 12.2 Å². The molecular formula is C18H23N3O2. The van der Waals surface area contributed by atoms with Gasteiger partial charge in [-0.1, -0.05) is 25.1 Å². The van der Waals surface area contributed by atoms with Crippen molar-refractivity contribution in [3.05, 3.63) is 36.4 Å². The molecule has 122 valence electrons. The second kappa shape index (κ2) is 7.06. The first-order chi connectivity index (χ1) is 11.2. The van der Waals surface area contributed by atoms with E-state index in [1.54, 1.807) is 6.07 Å². The molecule has 0 aliphatic carbocycles. The summed E-state index contributed by atoms with van der Waals surface area (Å²) >= 11 is 0. The van der Waals surface area contributed by atoms with E-state index >= 15 is 0 Å². The fourth-order valence-corrected chi connectivity index (χ4v) is 3.15. The molecule has 2 heterocycles. The molecule has 1 amide bonds. The van der Waals surface area contributed by atoms with Gasteiger partial charge in [-0.2, -0.15) is 0 Å². The first kappa shape index (κ1) is 15.9. The number of benzene rings is 1. The van der Waals surface area contributed by atoms with E-state index in [0.717, 1.165) is 36.8 Å². The van der Waals surface area contributed by atoms with Crippen molar-refractivity contribution in [2.45, 2.75) is 32.4 Å². The third kappa shape index (κ3) is 3.51. The Kier molecular flexibility index (Phi) is 4.88. The number of aromatic nitrogens is 1. The zero-order valence-electron chi connectivity index (χ0n) is 13.4. The molecule has 3 rings (SSSR count). The van der Waals surface area contributed by atoms with Gasteiger partial charge in [0.25, 0.3) is 0 Å². The molecule has 2 unspecified atom stereocenters. The van der Waals surface area contributed by atoms with Gasteiger partial charge in [-0.25, -0.2) is 4.98 Å². The van der Waals surface area contributed by atoms with E-state index in [4.69, 9.17) is 0 Å². The van der Waals surface area contributed by atoms with Crippen LogP contribution in [0.4, 0.5) is 5.82 Å². The van der Waals surface area contributed by atoms with Gasteiger partial charge in [0.15, 0.2) is 0 Å². The molecule has 0 spiro atoms. The summed E-state index contributed by atoms with van der Waals surface area (Å²) in [7, 11) is 0. The molecule has 1 aromatic carbocycles. The van der Waals surface area contributed by atoms with Crippen LogP contribution in [0, 0.1) is 5.92 Å². The van der Waals surface area contributed by atoms with Gasteiger partial charge in [0.2, 0.25) is 5.91 Å². The lowest BCUT2D eigenvalue weighted by atomic mass is 10.0. The number of carbonyl (C=O) groups excluding carboxylic acids is 1. The molecule has 1 fully saturated rings. The van der Waals surface area contributed by atoms with Crippen molar-refractivity contribution in [2.24, 2.45) is 5.92 Å². The highest BCUT2D eigenvalue weighted by atomic mass is 16.3. The summed E-state index contributed by atoms with van der Waals surface area (Å²) in [5, 5.41) is 14.4. The monoisotopic (exact) mass is 313 g/mol. The highest BCUT2D eigenvalue weighted by molar-refractivity contribution is 5.93. The normalized spacial score (nSPS) is 18.0. The molecule has 0 saturated carbocycles. The quantitative estimate of drug-likeness (QED) is 0.890. The van der Waals surface area contributed by atoms with Crippen LogP contribution in [0.3, 0.4) is 0 Å². The molecule has 1 aliphatic heterocycles. The average Bonchev–Trinajstić information content (AvgIpc) is 3.10.